The minimum absolute atomic E-state index is 0.0331. The van der Waals surface area contributed by atoms with E-state index in [9.17, 15) is 4.79 Å². The Hall–Kier alpha value is -1.86. The topological polar surface area (TPSA) is 59.2 Å². The first-order valence-electron chi connectivity index (χ1n) is 7.63. The van der Waals surface area contributed by atoms with Gasteiger partial charge in [-0.1, -0.05) is 37.5 Å². The van der Waals surface area contributed by atoms with Gasteiger partial charge < -0.3 is 10.6 Å². The van der Waals surface area contributed by atoms with Crippen molar-refractivity contribution in [1.82, 2.24) is 9.88 Å². The zero-order chi connectivity index (χ0) is 15.1. The minimum Gasteiger partial charge on any atom is -0.339 e. The summed E-state index contributed by atoms with van der Waals surface area (Å²) in [5, 5.41) is 0. The van der Waals surface area contributed by atoms with Gasteiger partial charge in [-0.3, -0.25) is 9.78 Å². The molecule has 21 heavy (non-hydrogen) atoms. The first-order chi connectivity index (χ1) is 10.2. The highest BCUT2D eigenvalue weighted by Crippen LogP contribution is 2.22. The van der Waals surface area contributed by atoms with Crippen LogP contribution in [0.4, 0.5) is 0 Å². The van der Waals surface area contributed by atoms with Crippen LogP contribution in [0, 0.1) is 11.8 Å². The molecule has 2 N–H and O–H groups in total. The molecule has 0 saturated heterocycles. The summed E-state index contributed by atoms with van der Waals surface area (Å²) in [5.74, 6) is 5.74. The first-order valence-corrected chi connectivity index (χ1v) is 7.63. The third-order valence-electron chi connectivity index (χ3n) is 4.01. The fourth-order valence-corrected chi connectivity index (χ4v) is 2.79. The molecule has 4 heteroatoms. The summed E-state index contributed by atoms with van der Waals surface area (Å²) >= 11 is 0. The summed E-state index contributed by atoms with van der Waals surface area (Å²) < 4.78 is 0. The van der Waals surface area contributed by atoms with Gasteiger partial charge >= 0.3 is 0 Å². The Bertz CT molecular complexity index is 536. The lowest BCUT2D eigenvalue weighted by molar-refractivity contribution is 0.0717. The average Bonchev–Trinajstić information content (AvgIpc) is 2.81. The van der Waals surface area contributed by atoms with Crippen LogP contribution in [-0.4, -0.2) is 35.4 Å². The van der Waals surface area contributed by atoms with Crippen LogP contribution < -0.4 is 5.73 Å². The Kier molecular flexibility index (Phi) is 5.77. The normalized spacial score (nSPS) is 15.7. The van der Waals surface area contributed by atoms with Gasteiger partial charge in [0.2, 0.25) is 0 Å². The molecule has 0 unspecified atom stereocenters. The number of carbonyl (C=O) groups is 1. The molecule has 1 aliphatic rings. The number of nitrogens with two attached hydrogens (primary N) is 1. The third-order valence-corrected chi connectivity index (χ3v) is 4.01. The van der Waals surface area contributed by atoms with Gasteiger partial charge in [0, 0.05) is 31.0 Å². The van der Waals surface area contributed by atoms with Crippen molar-refractivity contribution < 1.29 is 4.79 Å². The summed E-state index contributed by atoms with van der Waals surface area (Å²) in [7, 11) is 1.90. The van der Waals surface area contributed by atoms with Crippen molar-refractivity contribution in [2.75, 3.05) is 13.6 Å². The largest absolute Gasteiger partial charge is 0.339 e. The predicted molar refractivity (Wildman–Crippen MR) is 83.8 cm³/mol. The molecule has 112 valence electrons. The van der Waals surface area contributed by atoms with Crippen LogP contribution in [0.25, 0.3) is 0 Å². The Morgan fingerprint density at radius 3 is 2.71 bits per heavy atom. The van der Waals surface area contributed by atoms with E-state index in [0.29, 0.717) is 18.2 Å². The fraction of sp³-hybridized carbons (Fsp3) is 0.529. The molecule has 0 aliphatic heterocycles. The lowest BCUT2D eigenvalue weighted by atomic mass is 10.1. The van der Waals surface area contributed by atoms with E-state index < -0.39 is 0 Å². The Morgan fingerprint density at radius 2 is 2.05 bits per heavy atom. The van der Waals surface area contributed by atoms with Crippen LogP contribution in [0.2, 0.25) is 0 Å². The zero-order valence-electron chi connectivity index (χ0n) is 12.6. The summed E-state index contributed by atoms with van der Waals surface area (Å²) in [4.78, 5) is 18.6. The molecule has 0 bridgehead atoms. The highest BCUT2D eigenvalue weighted by molar-refractivity contribution is 5.94. The second-order valence-corrected chi connectivity index (χ2v) is 5.53. The number of hydrogen-bond acceptors (Lipinski definition) is 3. The molecule has 1 fully saturated rings. The van der Waals surface area contributed by atoms with Crippen LogP contribution in [0.1, 0.15) is 54.4 Å². The second-order valence-electron chi connectivity index (χ2n) is 5.53. The lowest BCUT2D eigenvalue weighted by Gasteiger charge is -2.27. The third kappa shape index (κ3) is 4.30. The van der Waals surface area contributed by atoms with Crippen molar-refractivity contribution >= 4 is 5.91 Å². The molecule has 1 aliphatic carbocycles. The summed E-state index contributed by atoms with van der Waals surface area (Å²) in [6, 6.07) is 2.14. The van der Waals surface area contributed by atoms with Crippen LogP contribution in [0.15, 0.2) is 18.5 Å². The van der Waals surface area contributed by atoms with Crippen molar-refractivity contribution in [3.05, 3.63) is 29.6 Å². The van der Waals surface area contributed by atoms with E-state index in [2.05, 4.69) is 16.8 Å². The van der Waals surface area contributed by atoms with Gasteiger partial charge in [-0.25, -0.2) is 0 Å². The Balaban J connectivity index is 2.11. The molecule has 0 spiro atoms. The Morgan fingerprint density at radius 1 is 1.33 bits per heavy atom. The van der Waals surface area contributed by atoms with E-state index in [4.69, 9.17) is 5.73 Å². The van der Waals surface area contributed by atoms with Gasteiger partial charge in [0.15, 0.2) is 0 Å². The molecule has 1 saturated carbocycles. The van der Waals surface area contributed by atoms with Crippen molar-refractivity contribution in [3.63, 3.8) is 0 Å². The van der Waals surface area contributed by atoms with Crippen molar-refractivity contribution in [3.8, 4) is 11.8 Å². The molecule has 0 radical (unpaired) electrons. The van der Waals surface area contributed by atoms with E-state index in [1.54, 1.807) is 18.5 Å². The van der Waals surface area contributed by atoms with Gasteiger partial charge in [0.05, 0.1) is 12.1 Å². The van der Waals surface area contributed by atoms with E-state index in [1.165, 1.54) is 25.7 Å². The maximum Gasteiger partial charge on any atom is 0.255 e. The summed E-state index contributed by atoms with van der Waals surface area (Å²) in [6.45, 7) is 0.306. The molecule has 4 nitrogen and oxygen atoms in total. The molecule has 1 aromatic rings. The summed E-state index contributed by atoms with van der Waals surface area (Å²) in [5.41, 5.74) is 6.70. The summed E-state index contributed by atoms with van der Waals surface area (Å²) in [6.07, 6.45) is 10.5. The molecule has 0 atom stereocenters. The molecule has 1 amide bonds. The molecule has 1 aromatic heterocycles. The fourth-order valence-electron chi connectivity index (χ4n) is 2.79. The van der Waals surface area contributed by atoms with E-state index in [-0.39, 0.29) is 5.91 Å². The van der Waals surface area contributed by atoms with Gasteiger partial charge in [-0.2, -0.15) is 0 Å². The molecule has 2 rings (SSSR count). The Labute approximate surface area is 126 Å². The van der Waals surface area contributed by atoms with Crippen LogP contribution in [0.5, 0.6) is 0 Å². The number of rotatable bonds is 2. The van der Waals surface area contributed by atoms with Crippen LogP contribution in [0.3, 0.4) is 0 Å². The number of amides is 1. The van der Waals surface area contributed by atoms with Gasteiger partial charge in [0.25, 0.3) is 5.91 Å². The highest BCUT2D eigenvalue weighted by Gasteiger charge is 2.22. The van der Waals surface area contributed by atoms with Crippen molar-refractivity contribution in [2.24, 2.45) is 5.73 Å². The number of carbonyl (C=O) groups excluding carboxylic acids is 1. The average molecular weight is 285 g/mol. The number of nitrogens with zero attached hydrogens (tertiary/aromatic N) is 2. The number of hydrogen-bond donors (Lipinski definition) is 1. The van der Waals surface area contributed by atoms with E-state index in [0.717, 1.165) is 18.4 Å². The molecule has 1 heterocycles. The first kappa shape index (κ1) is 15.5. The standard InChI is InChI=1S/C17H23N3O/c1-20(16-8-4-2-3-5-9-16)17(21)15-11-14(7-6-10-18)12-19-13-15/h11-13,16H,2-5,8-10,18H2,1H3. The second kappa shape index (κ2) is 7.80. The quantitative estimate of drug-likeness (QED) is 0.669. The molecular weight excluding hydrogens is 262 g/mol. The monoisotopic (exact) mass is 285 g/mol. The lowest BCUT2D eigenvalue weighted by Crippen LogP contribution is -2.36. The smallest absolute Gasteiger partial charge is 0.255 e. The van der Waals surface area contributed by atoms with Crippen molar-refractivity contribution in [1.29, 1.82) is 0 Å². The van der Waals surface area contributed by atoms with Crippen molar-refractivity contribution in [2.45, 2.75) is 44.6 Å². The molecule has 0 aromatic carbocycles. The van der Waals surface area contributed by atoms with Crippen LogP contribution in [-0.2, 0) is 0 Å². The number of aromatic nitrogens is 1. The van der Waals surface area contributed by atoms with Crippen LogP contribution >= 0.6 is 0 Å². The van der Waals surface area contributed by atoms with Gasteiger partial charge in [-0.15, -0.1) is 0 Å². The SMILES string of the molecule is CN(C(=O)c1cncc(C#CCN)c1)C1CCCCCC1. The predicted octanol–water partition coefficient (Wildman–Crippen LogP) is 2.19. The molecular formula is C17H23N3O. The minimum atomic E-state index is 0.0331. The maximum absolute atomic E-state index is 12.6. The van der Waals surface area contributed by atoms with E-state index in [1.807, 2.05) is 11.9 Å². The van der Waals surface area contributed by atoms with Gasteiger partial charge in [-0.05, 0) is 18.9 Å². The van der Waals surface area contributed by atoms with Gasteiger partial charge in [0.1, 0.15) is 0 Å². The maximum atomic E-state index is 12.6. The zero-order valence-corrected chi connectivity index (χ0v) is 12.6. The van der Waals surface area contributed by atoms with E-state index >= 15 is 0 Å². The highest BCUT2D eigenvalue weighted by atomic mass is 16.2. The number of pyridine rings is 1.